The fourth-order valence-corrected chi connectivity index (χ4v) is 9.27. The lowest BCUT2D eigenvalue weighted by Gasteiger charge is -2.34. The van der Waals surface area contributed by atoms with Crippen molar-refractivity contribution in [3.8, 4) is 17.4 Å². The summed E-state index contributed by atoms with van der Waals surface area (Å²) in [5.41, 5.74) is -2.38. The van der Waals surface area contributed by atoms with Gasteiger partial charge in [0, 0.05) is 23.1 Å². The van der Waals surface area contributed by atoms with Crippen LogP contribution in [0.15, 0.2) is 36.5 Å². The van der Waals surface area contributed by atoms with Crippen LogP contribution in [-0.2, 0) is 29.1 Å². The van der Waals surface area contributed by atoms with Crippen molar-refractivity contribution in [2.75, 3.05) is 20.8 Å². The van der Waals surface area contributed by atoms with Crippen LogP contribution in [0.2, 0.25) is 0 Å². The van der Waals surface area contributed by atoms with Crippen LogP contribution in [0.5, 0.6) is 17.4 Å². The van der Waals surface area contributed by atoms with Crippen LogP contribution in [0.3, 0.4) is 0 Å². The summed E-state index contributed by atoms with van der Waals surface area (Å²) in [5.74, 6) is -1.21. The van der Waals surface area contributed by atoms with Gasteiger partial charge < -0.3 is 34.5 Å². The highest BCUT2D eigenvalue weighted by atomic mass is 32.2. The van der Waals surface area contributed by atoms with E-state index >= 15 is 0 Å². The molecule has 0 spiro atoms. The first-order valence-electron chi connectivity index (χ1n) is 19.9. The molecule has 0 radical (unpaired) electrons. The van der Waals surface area contributed by atoms with E-state index in [4.69, 9.17) is 18.9 Å². The molecule has 7 atom stereocenters. The van der Waals surface area contributed by atoms with Gasteiger partial charge in [0.2, 0.25) is 27.7 Å². The minimum atomic E-state index is -4.01. The summed E-state index contributed by atoms with van der Waals surface area (Å²) in [4.78, 5) is 62.8. The third kappa shape index (κ3) is 8.95. The molecule has 3 fully saturated rings. The van der Waals surface area contributed by atoms with Crippen molar-refractivity contribution in [1.82, 2.24) is 25.2 Å². The van der Waals surface area contributed by atoms with Gasteiger partial charge in [0.25, 0.3) is 5.91 Å². The maximum atomic E-state index is 15.0. The number of carbonyl (C=O) groups excluding carboxylic acids is 4. The number of sulfonamides is 1. The second kappa shape index (κ2) is 16.0. The van der Waals surface area contributed by atoms with E-state index in [1.54, 1.807) is 53.0 Å². The number of hydrogen-bond acceptors (Lipinski definition) is 11. The smallest absolute Gasteiger partial charge is 0.408 e. The first-order chi connectivity index (χ1) is 26.8. The Balaban J connectivity index is 1.37. The lowest BCUT2D eigenvalue weighted by Crippen LogP contribution is -2.59. The van der Waals surface area contributed by atoms with E-state index in [0.29, 0.717) is 54.4 Å². The van der Waals surface area contributed by atoms with Crippen molar-refractivity contribution in [1.29, 1.82) is 0 Å². The van der Waals surface area contributed by atoms with Crippen LogP contribution >= 0.6 is 0 Å². The number of fused-ring (bicyclic) bond motifs is 3. The summed E-state index contributed by atoms with van der Waals surface area (Å²) >= 11 is 0. The molecule has 57 heavy (non-hydrogen) atoms. The molecule has 1 saturated heterocycles. The number of carbonyl (C=O) groups is 4. The van der Waals surface area contributed by atoms with Gasteiger partial charge in [-0.1, -0.05) is 32.4 Å². The quantitative estimate of drug-likeness (QED) is 0.296. The van der Waals surface area contributed by atoms with E-state index in [1.165, 1.54) is 18.2 Å². The van der Waals surface area contributed by atoms with Crippen LogP contribution < -0.4 is 29.6 Å². The van der Waals surface area contributed by atoms with E-state index in [1.807, 2.05) is 19.1 Å². The molecule has 312 valence electrons. The SMILES string of the molecule is CC[C@@H]1C[C@H](C)CC/C=C\C2CC2(C(=O)NS(=O)(=O)C2(C)CC2)NC(=O)[C@@H]2C[C@@H](Oc3ncc(OC)c4cc(OC)ccc34)CN2C(=O)[C@H]1NC(=O)OC(C)(C)C. The van der Waals surface area contributed by atoms with Gasteiger partial charge in [-0.2, -0.15) is 0 Å². The van der Waals surface area contributed by atoms with Crippen molar-refractivity contribution in [3.63, 3.8) is 0 Å². The van der Waals surface area contributed by atoms with Crippen molar-refractivity contribution in [2.45, 2.75) is 127 Å². The van der Waals surface area contributed by atoms with E-state index < -0.39 is 73.8 Å². The van der Waals surface area contributed by atoms with Crippen molar-refractivity contribution >= 4 is 44.6 Å². The number of benzene rings is 1. The second-order valence-electron chi connectivity index (χ2n) is 17.3. The van der Waals surface area contributed by atoms with Crippen molar-refractivity contribution < 1.29 is 46.5 Å². The van der Waals surface area contributed by atoms with Gasteiger partial charge in [0.05, 0.1) is 31.7 Å². The average molecular weight is 812 g/mol. The maximum Gasteiger partial charge on any atom is 0.408 e. The molecule has 15 nitrogen and oxygen atoms in total. The molecule has 4 aliphatic rings. The van der Waals surface area contributed by atoms with Crippen LogP contribution in [0.1, 0.15) is 92.9 Å². The van der Waals surface area contributed by atoms with Gasteiger partial charge in [0.1, 0.15) is 40.8 Å². The first kappa shape index (κ1) is 42.0. The Morgan fingerprint density at radius 1 is 1.09 bits per heavy atom. The van der Waals surface area contributed by atoms with Gasteiger partial charge >= 0.3 is 6.09 Å². The number of amides is 4. The van der Waals surface area contributed by atoms with Gasteiger partial charge in [-0.3, -0.25) is 19.1 Å². The van der Waals surface area contributed by atoms with Crippen LogP contribution in [0.25, 0.3) is 10.8 Å². The lowest BCUT2D eigenvalue weighted by atomic mass is 9.85. The Morgan fingerprint density at radius 2 is 1.82 bits per heavy atom. The molecule has 2 unspecified atom stereocenters. The molecule has 2 aliphatic heterocycles. The highest BCUT2D eigenvalue weighted by Gasteiger charge is 2.63. The molecule has 6 rings (SSSR count). The highest BCUT2D eigenvalue weighted by molar-refractivity contribution is 7.91. The molecule has 3 N–H and O–H groups in total. The van der Waals surface area contributed by atoms with Crippen molar-refractivity contribution in [3.05, 3.63) is 36.5 Å². The van der Waals surface area contributed by atoms with Gasteiger partial charge in [0.15, 0.2) is 0 Å². The number of alkyl carbamates (subject to hydrolysis) is 1. The Kier molecular flexibility index (Phi) is 11.8. The number of aromatic nitrogens is 1. The molecule has 3 heterocycles. The van der Waals surface area contributed by atoms with Gasteiger partial charge in [-0.05, 0) is 96.3 Å². The molecule has 1 aromatic heterocycles. The Morgan fingerprint density at radius 3 is 2.47 bits per heavy atom. The summed E-state index contributed by atoms with van der Waals surface area (Å²) in [7, 11) is -0.921. The number of nitrogens with one attached hydrogen (secondary N) is 3. The molecule has 1 aromatic carbocycles. The van der Waals surface area contributed by atoms with E-state index in [-0.39, 0.29) is 37.1 Å². The standard InChI is InChI=1S/C41H57N5O10S/c1-9-25-18-24(2)12-10-11-13-26-21-41(26,37(49)45-57(51,52)40(6)16-17-40)44-34(47)31-20-28(23-46(31)36(48)33(25)43-38(50)56-39(3,4)5)55-35-29-15-14-27(53-7)19-30(29)32(54-8)22-42-35/h11,13-15,19,22,24-26,28,31,33H,9-10,12,16-18,20-21,23H2,1-8H3,(H,43,50)(H,44,47)(H,45,49)/b13-11-/t24-,25-,26?,28-,31+,33+,41?/m1/s1. The molecule has 0 bridgehead atoms. The van der Waals surface area contributed by atoms with Crippen LogP contribution in [-0.4, -0.2) is 97.0 Å². The zero-order valence-electron chi connectivity index (χ0n) is 34.2. The average Bonchev–Trinajstić information content (AvgIpc) is 4.03. The summed E-state index contributed by atoms with van der Waals surface area (Å²) in [5, 5.41) is 7.07. The first-order valence-corrected chi connectivity index (χ1v) is 21.3. The predicted molar refractivity (Wildman–Crippen MR) is 212 cm³/mol. The largest absolute Gasteiger partial charge is 0.497 e. The second-order valence-corrected chi connectivity index (χ2v) is 19.5. The Bertz CT molecular complexity index is 2030. The van der Waals surface area contributed by atoms with E-state index in [0.717, 1.165) is 6.42 Å². The minimum Gasteiger partial charge on any atom is -0.497 e. The number of pyridine rings is 1. The van der Waals surface area contributed by atoms with E-state index in [9.17, 15) is 27.6 Å². The highest BCUT2D eigenvalue weighted by Crippen LogP contribution is 2.48. The fraction of sp³-hybridized carbons (Fsp3) is 0.634. The summed E-state index contributed by atoms with van der Waals surface area (Å²) in [6.45, 7) is 10.8. The maximum absolute atomic E-state index is 15.0. The normalized spacial score (nSPS) is 29.4. The number of allylic oxidation sites excluding steroid dienone is 1. The molecular formula is C41H57N5O10S. The Labute approximate surface area is 335 Å². The Hall–Kier alpha value is -4.60. The molecule has 16 heteroatoms. The zero-order chi connectivity index (χ0) is 41.5. The van der Waals surface area contributed by atoms with Crippen molar-refractivity contribution in [2.24, 2.45) is 17.8 Å². The van der Waals surface area contributed by atoms with Gasteiger partial charge in [-0.15, -0.1) is 0 Å². The number of rotatable bonds is 9. The number of methoxy groups -OCH3 is 2. The fourth-order valence-electron chi connectivity index (χ4n) is 7.96. The summed E-state index contributed by atoms with van der Waals surface area (Å²) < 4.78 is 50.8. The lowest BCUT2D eigenvalue weighted by molar-refractivity contribution is -0.142. The number of ether oxygens (including phenoxy) is 4. The molecule has 4 amide bonds. The predicted octanol–water partition coefficient (Wildman–Crippen LogP) is 4.77. The van der Waals surface area contributed by atoms with Gasteiger partial charge in [-0.25, -0.2) is 18.2 Å². The molecule has 2 aromatic rings. The van der Waals surface area contributed by atoms with Crippen LogP contribution in [0, 0.1) is 17.8 Å². The zero-order valence-corrected chi connectivity index (χ0v) is 35.0. The summed E-state index contributed by atoms with van der Waals surface area (Å²) in [6, 6.07) is 3.15. The third-order valence-electron chi connectivity index (χ3n) is 11.8. The monoisotopic (exact) mass is 811 g/mol. The third-order valence-corrected chi connectivity index (χ3v) is 14.0. The van der Waals surface area contributed by atoms with Crippen LogP contribution in [0.4, 0.5) is 4.79 Å². The molecule has 2 aliphatic carbocycles. The summed E-state index contributed by atoms with van der Waals surface area (Å²) in [6.07, 6.45) is 7.54. The topological polar surface area (TPSA) is 192 Å². The molecule has 2 saturated carbocycles. The van der Waals surface area contributed by atoms with E-state index in [2.05, 4.69) is 27.3 Å². The minimum absolute atomic E-state index is 0.0177. The molecular weight excluding hydrogens is 755 g/mol. The number of nitrogens with zero attached hydrogens (tertiary/aromatic N) is 2. The number of hydrogen-bond donors (Lipinski definition) is 3.